The molecule has 11 heteroatoms. The number of Topliss-reactive ketones (excluding diaryl/α,β-unsaturated/α-hetero) is 1. The number of nitrogens with one attached hydrogen (secondary N) is 2. The number of benzene rings is 2. The van der Waals surface area contributed by atoms with Crippen LogP contribution in [0.15, 0.2) is 64.5 Å². The fourth-order valence-corrected chi connectivity index (χ4v) is 6.71. The minimum Gasteiger partial charge on any atom is -0.480 e. The summed E-state index contributed by atoms with van der Waals surface area (Å²) in [6.07, 6.45) is 4.17. The molecule has 0 radical (unpaired) electrons. The summed E-state index contributed by atoms with van der Waals surface area (Å²) >= 11 is 0. The molecule has 2 aliphatic rings. The third-order valence-corrected chi connectivity index (χ3v) is 9.09. The lowest BCUT2D eigenvalue weighted by molar-refractivity contribution is -0.142. The zero-order valence-electron chi connectivity index (χ0n) is 22.4. The second kappa shape index (κ2) is 13.7. The minimum atomic E-state index is -3.89. The van der Waals surface area contributed by atoms with E-state index in [0.29, 0.717) is 31.2 Å². The first-order valence-electron chi connectivity index (χ1n) is 13.7. The molecule has 2 aliphatic heterocycles. The van der Waals surface area contributed by atoms with Crippen LogP contribution < -0.4 is 10.6 Å². The third kappa shape index (κ3) is 7.76. The van der Waals surface area contributed by atoms with Crippen LogP contribution in [0.5, 0.6) is 0 Å². The average Bonchev–Trinajstić information content (AvgIpc) is 3.46. The maximum Gasteiger partial charge on any atom is 0.326 e. The van der Waals surface area contributed by atoms with Gasteiger partial charge in [0.15, 0.2) is 0 Å². The molecular weight excluding hydrogens is 532 g/mol. The van der Waals surface area contributed by atoms with Crippen molar-refractivity contribution in [2.45, 2.75) is 68.3 Å². The van der Waals surface area contributed by atoms with Crippen molar-refractivity contribution in [2.75, 3.05) is 19.6 Å². The molecule has 1 saturated heterocycles. The SMILES string of the molecule is O=C(CCCC1=NCCCN1)Cc1ccc(C[C@H](NC(=O)[C@@H]2CCCN2S(=O)(=O)c2ccccc2)C(=O)O)cc1. The summed E-state index contributed by atoms with van der Waals surface area (Å²) in [5, 5.41) is 15.6. The van der Waals surface area contributed by atoms with Crippen molar-refractivity contribution in [3.05, 3.63) is 65.7 Å². The van der Waals surface area contributed by atoms with Crippen molar-refractivity contribution >= 4 is 33.5 Å². The van der Waals surface area contributed by atoms with Gasteiger partial charge >= 0.3 is 5.97 Å². The molecule has 2 aromatic rings. The molecule has 0 saturated carbocycles. The Hall–Kier alpha value is -3.57. The molecule has 0 unspecified atom stereocenters. The fourth-order valence-electron chi connectivity index (χ4n) is 5.03. The van der Waals surface area contributed by atoms with Crippen molar-refractivity contribution in [1.82, 2.24) is 14.9 Å². The van der Waals surface area contributed by atoms with Gasteiger partial charge in [-0.3, -0.25) is 14.6 Å². The molecule has 1 fully saturated rings. The van der Waals surface area contributed by atoms with E-state index in [-0.39, 0.29) is 23.6 Å². The van der Waals surface area contributed by atoms with E-state index in [2.05, 4.69) is 15.6 Å². The zero-order valence-corrected chi connectivity index (χ0v) is 23.2. The second-order valence-corrected chi connectivity index (χ2v) is 12.1. The van der Waals surface area contributed by atoms with Crippen molar-refractivity contribution in [2.24, 2.45) is 4.99 Å². The van der Waals surface area contributed by atoms with E-state index in [9.17, 15) is 27.9 Å². The summed E-state index contributed by atoms with van der Waals surface area (Å²) in [6.45, 7) is 1.96. The molecule has 2 heterocycles. The van der Waals surface area contributed by atoms with Gasteiger partial charge in [0.1, 0.15) is 17.9 Å². The quantitative estimate of drug-likeness (QED) is 0.336. The van der Waals surface area contributed by atoms with Crippen molar-refractivity contribution < 1.29 is 27.9 Å². The van der Waals surface area contributed by atoms with E-state index >= 15 is 0 Å². The first-order valence-corrected chi connectivity index (χ1v) is 15.1. The van der Waals surface area contributed by atoms with Crippen LogP contribution >= 0.6 is 0 Å². The standard InChI is InChI=1S/C29H36N4O6S/c34-23(7-4-11-27-30-16-6-17-31-27)19-21-12-14-22(15-13-21)20-25(29(36)37)32-28(35)26-10-5-18-33(26)40(38,39)24-8-2-1-3-9-24/h1-3,8-9,12-15,25-26H,4-7,10-11,16-20H2,(H,30,31)(H,32,35)(H,36,37)/t25-,26-/m0/s1. The number of hydrogen-bond donors (Lipinski definition) is 3. The molecule has 0 spiro atoms. The van der Waals surface area contributed by atoms with Crippen molar-refractivity contribution in [3.63, 3.8) is 0 Å². The van der Waals surface area contributed by atoms with Crippen LogP contribution in [0.1, 0.15) is 49.7 Å². The summed E-state index contributed by atoms with van der Waals surface area (Å²) in [6, 6.07) is 12.8. The van der Waals surface area contributed by atoms with Crippen LogP contribution in [0, 0.1) is 0 Å². The van der Waals surface area contributed by atoms with Gasteiger partial charge in [0.05, 0.1) is 10.7 Å². The molecule has 10 nitrogen and oxygen atoms in total. The van der Waals surface area contributed by atoms with Gasteiger partial charge in [0.2, 0.25) is 15.9 Å². The molecule has 0 bridgehead atoms. The molecule has 40 heavy (non-hydrogen) atoms. The molecule has 4 rings (SSSR count). The molecule has 0 aromatic heterocycles. The second-order valence-electron chi connectivity index (χ2n) is 10.2. The lowest BCUT2D eigenvalue weighted by Crippen LogP contribution is -2.51. The van der Waals surface area contributed by atoms with E-state index in [0.717, 1.165) is 48.1 Å². The predicted molar refractivity (Wildman–Crippen MR) is 151 cm³/mol. The molecule has 214 valence electrons. The lowest BCUT2D eigenvalue weighted by Gasteiger charge is -2.25. The fraction of sp³-hybridized carbons (Fsp3) is 0.448. The number of amides is 1. The normalized spacial score (nSPS) is 18.4. The van der Waals surface area contributed by atoms with E-state index in [1.165, 1.54) is 12.1 Å². The third-order valence-electron chi connectivity index (χ3n) is 7.17. The van der Waals surface area contributed by atoms with Crippen LogP contribution in [0.4, 0.5) is 0 Å². The Balaban J connectivity index is 1.30. The predicted octanol–water partition coefficient (Wildman–Crippen LogP) is 2.33. The van der Waals surface area contributed by atoms with Crippen molar-refractivity contribution in [1.29, 1.82) is 0 Å². The van der Waals surface area contributed by atoms with Crippen LogP contribution in [0.3, 0.4) is 0 Å². The lowest BCUT2D eigenvalue weighted by atomic mass is 10.00. The number of aliphatic imine (C=N–C) groups is 1. The van der Waals surface area contributed by atoms with E-state index in [1.54, 1.807) is 42.5 Å². The smallest absolute Gasteiger partial charge is 0.326 e. The molecule has 3 N–H and O–H groups in total. The maximum absolute atomic E-state index is 13.1. The van der Waals surface area contributed by atoms with Gasteiger partial charge in [0.25, 0.3) is 0 Å². The van der Waals surface area contributed by atoms with Crippen LogP contribution in [-0.4, -0.2) is 73.0 Å². The summed E-state index contributed by atoms with van der Waals surface area (Å²) in [4.78, 5) is 42.0. The number of nitrogens with zero attached hydrogens (tertiary/aromatic N) is 2. The van der Waals surface area contributed by atoms with Crippen molar-refractivity contribution in [3.8, 4) is 0 Å². The van der Waals surface area contributed by atoms with Gasteiger partial charge in [-0.1, -0.05) is 42.5 Å². The van der Waals surface area contributed by atoms with Gasteiger partial charge in [0, 0.05) is 45.3 Å². The van der Waals surface area contributed by atoms with Gasteiger partial charge in [-0.05, 0) is 48.9 Å². The Bertz CT molecular complexity index is 1330. The Morgan fingerprint density at radius 2 is 1.77 bits per heavy atom. The topological polar surface area (TPSA) is 145 Å². The number of ketones is 1. The largest absolute Gasteiger partial charge is 0.480 e. The number of sulfonamides is 1. The zero-order chi connectivity index (χ0) is 28.5. The Morgan fingerprint density at radius 3 is 2.45 bits per heavy atom. The molecule has 2 atom stereocenters. The monoisotopic (exact) mass is 568 g/mol. The van der Waals surface area contributed by atoms with E-state index in [4.69, 9.17) is 0 Å². The van der Waals surface area contributed by atoms with Crippen LogP contribution in [0.2, 0.25) is 0 Å². The number of aliphatic carboxylic acids is 1. The first kappa shape index (κ1) is 29.4. The Morgan fingerprint density at radius 1 is 1.05 bits per heavy atom. The first-order chi connectivity index (χ1) is 19.2. The molecule has 2 aromatic carbocycles. The minimum absolute atomic E-state index is 0.0303. The van der Waals surface area contributed by atoms with Gasteiger partial charge < -0.3 is 15.7 Å². The van der Waals surface area contributed by atoms with E-state index < -0.39 is 34.0 Å². The number of carbonyl (C=O) groups is 3. The average molecular weight is 569 g/mol. The van der Waals surface area contributed by atoms with E-state index in [1.807, 2.05) is 0 Å². The van der Waals surface area contributed by atoms with Gasteiger partial charge in [-0.15, -0.1) is 0 Å². The highest BCUT2D eigenvalue weighted by molar-refractivity contribution is 7.89. The molecule has 0 aliphatic carbocycles. The summed E-state index contributed by atoms with van der Waals surface area (Å²) in [5.41, 5.74) is 1.52. The highest BCUT2D eigenvalue weighted by atomic mass is 32.2. The maximum atomic E-state index is 13.1. The number of carboxylic acid groups (broad SMARTS) is 1. The highest BCUT2D eigenvalue weighted by Crippen LogP contribution is 2.26. The number of rotatable bonds is 13. The Kier molecular flexibility index (Phi) is 10.1. The highest BCUT2D eigenvalue weighted by Gasteiger charge is 2.40. The summed E-state index contributed by atoms with van der Waals surface area (Å²) in [5.74, 6) is -0.727. The number of carbonyl (C=O) groups excluding carboxylic acids is 2. The number of amidine groups is 1. The van der Waals surface area contributed by atoms with Gasteiger partial charge in [-0.25, -0.2) is 13.2 Å². The molecular formula is C29H36N4O6S. The number of hydrogen-bond acceptors (Lipinski definition) is 7. The Labute approximate surface area is 234 Å². The van der Waals surface area contributed by atoms with Gasteiger partial charge in [-0.2, -0.15) is 4.31 Å². The summed E-state index contributed by atoms with van der Waals surface area (Å²) < 4.78 is 27.3. The molecule has 1 amide bonds. The number of carboxylic acids is 1. The van der Waals surface area contributed by atoms with Crippen LogP contribution in [0.25, 0.3) is 0 Å². The van der Waals surface area contributed by atoms with Crippen LogP contribution in [-0.2, 0) is 37.2 Å². The summed E-state index contributed by atoms with van der Waals surface area (Å²) in [7, 11) is -3.89.